The monoisotopic (exact) mass is 341 g/mol. The molecule has 1 atom stereocenters. The third kappa shape index (κ3) is 5.91. The van der Waals surface area contributed by atoms with Gasteiger partial charge >= 0.3 is 0 Å². The SMILES string of the molecule is CS(=O)(=O)NCC(=O)N1CCN(CC(O)c2ccccc2)CC1. The third-order valence-electron chi connectivity index (χ3n) is 3.83. The van der Waals surface area contributed by atoms with Gasteiger partial charge in [0.25, 0.3) is 0 Å². The molecule has 0 radical (unpaired) electrons. The molecule has 1 aromatic rings. The van der Waals surface area contributed by atoms with Gasteiger partial charge in [0, 0.05) is 32.7 Å². The number of carbonyl (C=O) groups is 1. The van der Waals surface area contributed by atoms with Crippen molar-refractivity contribution in [3.05, 3.63) is 35.9 Å². The summed E-state index contributed by atoms with van der Waals surface area (Å²) in [6.07, 6.45) is 0.480. The number of rotatable bonds is 6. The van der Waals surface area contributed by atoms with Gasteiger partial charge in [0.05, 0.1) is 18.9 Å². The number of β-amino-alcohol motifs (C(OH)–C–C–N with tert-alkyl or cyclic N) is 1. The van der Waals surface area contributed by atoms with Gasteiger partial charge in [-0.25, -0.2) is 13.1 Å². The average Bonchev–Trinajstić information content (AvgIpc) is 2.53. The minimum Gasteiger partial charge on any atom is -0.387 e. The predicted octanol–water partition coefficient (Wildman–Crippen LogP) is -0.587. The van der Waals surface area contributed by atoms with Gasteiger partial charge < -0.3 is 10.0 Å². The van der Waals surface area contributed by atoms with Crippen LogP contribution in [0.4, 0.5) is 0 Å². The number of nitrogens with one attached hydrogen (secondary N) is 1. The molecule has 1 heterocycles. The average molecular weight is 341 g/mol. The van der Waals surface area contributed by atoms with E-state index in [9.17, 15) is 18.3 Å². The van der Waals surface area contributed by atoms with Crippen LogP contribution in [-0.2, 0) is 14.8 Å². The summed E-state index contributed by atoms with van der Waals surface area (Å²) >= 11 is 0. The summed E-state index contributed by atoms with van der Waals surface area (Å²) in [5.41, 5.74) is 0.878. The van der Waals surface area contributed by atoms with Crippen molar-refractivity contribution in [1.82, 2.24) is 14.5 Å². The minimum absolute atomic E-state index is 0.203. The first-order valence-electron chi connectivity index (χ1n) is 7.53. The van der Waals surface area contributed by atoms with Crippen LogP contribution in [0.3, 0.4) is 0 Å². The summed E-state index contributed by atoms with van der Waals surface area (Å²) in [6.45, 7) is 2.71. The summed E-state index contributed by atoms with van der Waals surface area (Å²) in [5, 5.41) is 10.2. The van der Waals surface area contributed by atoms with E-state index in [1.165, 1.54) is 0 Å². The zero-order valence-electron chi connectivity index (χ0n) is 13.2. The first kappa shape index (κ1) is 17.9. The fourth-order valence-electron chi connectivity index (χ4n) is 2.51. The lowest BCUT2D eigenvalue weighted by Gasteiger charge is -2.35. The minimum atomic E-state index is -3.36. The molecule has 8 heteroatoms. The predicted molar refractivity (Wildman–Crippen MR) is 87.3 cm³/mol. The van der Waals surface area contributed by atoms with Crippen LogP contribution in [-0.4, -0.2) is 74.8 Å². The Hall–Kier alpha value is -1.48. The molecule has 7 nitrogen and oxygen atoms in total. The first-order valence-corrected chi connectivity index (χ1v) is 9.42. The number of aliphatic hydroxyl groups excluding tert-OH is 1. The number of piperazine rings is 1. The Morgan fingerprint density at radius 2 is 1.83 bits per heavy atom. The lowest BCUT2D eigenvalue weighted by molar-refractivity contribution is -0.131. The van der Waals surface area contributed by atoms with E-state index in [0.717, 1.165) is 11.8 Å². The van der Waals surface area contributed by atoms with Crippen molar-refractivity contribution in [2.75, 3.05) is 45.5 Å². The van der Waals surface area contributed by atoms with E-state index in [1.54, 1.807) is 4.90 Å². The molecule has 1 aromatic carbocycles. The molecule has 1 aliphatic heterocycles. The summed E-state index contributed by atoms with van der Waals surface area (Å²) in [4.78, 5) is 15.7. The Kier molecular flexibility index (Phi) is 6.11. The standard InChI is InChI=1S/C15H23N3O4S/c1-23(21,22)16-11-15(20)18-9-7-17(8-10-18)12-14(19)13-5-3-2-4-6-13/h2-6,14,16,19H,7-12H2,1H3. The Balaban J connectivity index is 1.76. The van der Waals surface area contributed by atoms with Gasteiger partial charge in [-0.05, 0) is 5.56 Å². The highest BCUT2D eigenvalue weighted by Gasteiger charge is 2.23. The lowest BCUT2D eigenvalue weighted by Crippen LogP contribution is -2.51. The van der Waals surface area contributed by atoms with Crippen molar-refractivity contribution in [1.29, 1.82) is 0 Å². The highest BCUT2D eigenvalue weighted by atomic mass is 32.2. The molecule has 0 bridgehead atoms. The van der Waals surface area contributed by atoms with Crippen LogP contribution in [0, 0.1) is 0 Å². The summed E-state index contributed by atoms with van der Waals surface area (Å²) in [7, 11) is -3.36. The topological polar surface area (TPSA) is 90.0 Å². The fourth-order valence-corrected chi connectivity index (χ4v) is 2.90. The van der Waals surface area contributed by atoms with Crippen LogP contribution in [0.5, 0.6) is 0 Å². The Bertz CT molecular complexity index is 613. The lowest BCUT2D eigenvalue weighted by atomic mass is 10.1. The van der Waals surface area contributed by atoms with E-state index in [0.29, 0.717) is 32.7 Å². The second-order valence-corrected chi connectivity index (χ2v) is 7.53. The number of amides is 1. The van der Waals surface area contributed by atoms with Crippen molar-refractivity contribution < 1.29 is 18.3 Å². The van der Waals surface area contributed by atoms with E-state index in [-0.39, 0.29) is 12.5 Å². The summed E-state index contributed by atoms with van der Waals surface area (Å²) in [6, 6.07) is 9.47. The maximum atomic E-state index is 11.9. The summed E-state index contributed by atoms with van der Waals surface area (Å²) < 4.78 is 24.2. The number of hydrogen-bond donors (Lipinski definition) is 2. The van der Waals surface area contributed by atoms with Crippen LogP contribution in [0.2, 0.25) is 0 Å². The van der Waals surface area contributed by atoms with Gasteiger partial charge in [-0.1, -0.05) is 30.3 Å². The maximum Gasteiger partial charge on any atom is 0.237 e. The smallest absolute Gasteiger partial charge is 0.237 e. The summed E-state index contributed by atoms with van der Waals surface area (Å²) in [5.74, 6) is -0.223. The van der Waals surface area contributed by atoms with E-state index in [1.807, 2.05) is 30.3 Å². The van der Waals surface area contributed by atoms with Crippen molar-refractivity contribution >= 4 is 15.9 Å². The molecule has 1 aliphatic rings. The first-order chi connectivity index (χ1) is 10.8. The normalized spacial score (nSPS) is 17.9. The van der Waals surface area contributed by atoms with Crippen LogP contribution in [0.1, 0.15) is 11.7 Å². The van der Waals surface area contributed by atoms with Gasteiger partial charge in [-0.3, -0.25) is 9.69 Å². The van der Waals surface area contributed by atoms with Gasteiger partial charge in [-0.2, -0.15) is 0 Å². The number of carbonyl (C=O) groups excluding carboxylic acids is 1. The van der Waals surface area contributed by atoms with Crippen molar-refractivity contribution in [3.8, 4) is 0 Å². The van der Waals surface area contributed by atoms with Crippen molar-refractivity contribution in [2.24, 2.45) is 0 Å². The molecule has 0 spiro atoms. The zero-order chi connectivity index (χ0) is 16.9. The van der Waals surface area contributed by atoms with E-state index >= 15 is 0 Å². The molecule has 1 saturated heterocycles. The van der Waals surface area contributed by atoms with Gasteiger partial charge in [0.1, 0.15) is 0 Å². The molecular weight excluding hydrogens is 318 g/mol. The molecule has 0 aliphatic carbocycles. The second-order valence-electron chi connectivity index (χ2n) is 5.70. The number of aliphatic hydroxyl groups is 1. The zero-order valence-corrected chi connectivity index (χ0v) is 14.0. The van der Waals surface area contributed by atoms with Gasteiger partial charge in [0.15, 0.2) is 0 Å². The van der Waals surface area contributed by atoms with Crippen LogP contribution < -0.4 is 4.72 Å². The van der Waals surface area contributed by atoms with Crippen LogP contribution >= 0.6 is 0 Å². The molecule has 23 heavy (non-hydrogen) atoms. The Labute approximate surface area is 136 Å². The van der Waals surface area contributed by atoms with Crippen molar-refractivity contribution in [2.45, 2.75) is 6.10 Å². The molecule has 1 fully saturated rings. The molecular formula is C15H23N3O4S. The maximum absolute atomic E-state index is 11.9. The van der Waals surface area contributed by atoms with E-state index < -0.39 is 16.1 Å². The molecule has 2 rings (SSSR count). The molecule has 0 aromatic heterocycles. The molecule has 128 valence electrons. The van der Waals surface area contributed by atoms with Crippen molar-refractivity contribution in [3.63, 3.8) is 0 Å². The molecule has 1 unspecified atom stereocenters. The molecule has 0 saturated carbocycles. The Morgan fingerprint density at radius 3 is 2.39 bits per heavy atom. The quantitative estimate of drug-likeness (QED) is 0.722. The number of hydrogen-bond acceptors (Lipinski definition) is 5. The van der Waals surface area contributed by atoms with E-state index in [4.69, 9.17) is 0 Å². The molecule has 1 amide bonds. The van der Waals surface area contributed by atoms with Crippen LogP contribution in [0.15, 0.2) is 30.3 Å². The number of sulfonamides is 1. The second kappa shape index (κ2) is 7.87. The largest absolute Gasteiger partial charge is 0.387 e. The Morgan fingerprint density at radius 1 is 1.22 bits per heavy atom. The molecule has 2 N–H and O–H groups in total. The van der Waals surface area contributed by atoms with Crippen LogP contribution in [0.25, 0.3) is 0 Å². The number of nitrogens with zero attached hydrogens (tertiary/aromatic N) is 2. The highest BCUT2D eigenvalue weighted by molar-refractivity contribution is 7.88. The third-order valence-corrected chi connectivity index (χ3v) is 4.49. The van der Waals surface area contributed by atoms with E-state index in [2.05, 4.69) is 9.62 Å². The fraction of sp³-hybridized carbons (Fsp3) is 0.533. The van der Waals surface area contributed by atoms with Gasteiger partial charge in [0.2, 0.25) is 15.9 Å². The number of benzene rings is 1. The van der Waals surface area contributed by atoms with Gasteiger partial charge in [-0.15, -0.1) is 0 Å². The highest BCUT2D eigenvalue weighted by Crippen LogP contribution is 2.14.